The van der Waals surface area contributed by atoms with Gasteiger partial charge in [-0.05, 0) is 44.5 Å². The fourth-order valence-corrected chi connectivity index (χ4v) is 3.60. The van der Waals surface area contributed by atoms with Crippen molar-refractivity contribution in [2.24, 2.45) is 0 Å². The summed E-state index contributed by atoms with van der Waals surface area (Å²) in [4.78, 5) is 20.7. The molecular formula is C21H24N6O2. The molecule has 0 bridgehead atoms. The number of aryl methyl sites for hydroxylation is 2. The molecule has 1 aliphatic rings. The Labute approximate surface area is 169 Å². The van der Waals surface area contributed by atoms with E-state index in [2.05, 4.69) is 25.2 Å². The predicted octanol–water partition coefficient (Wildman–Crippen LogP) is 2.42. The molecule has 4 heterocycles. The SMILES string of the molecule is Cc1noc(C)c1CCC(=O)N1CCN(c2ccc(-c3ccncc3)nn2)CC1. The molecule has 0 aliphatic carbocycles. The number of amides is 1. The van der Waals surface area contributed by atoms with Crippen LogP contribution in [0.15, 0.2) is 41.2 Å². The molecule has 1 saturated heterocycles. The van der Waals surface area contributed by atoms with E-state index in [4.69, 9.17) is 4.52 Å². The van der Waals surface area contributed by atoms with Crippen LogP contribution >= 0.6 is 0 Å². The van der Waals surface area contributed by atoms with E-state index in [0.29, 0.717) is 25.9 Å². The Morgan fingerprint density at radius 1 is 1.03 bits per heavy atom. The fraction of sp³-hybridized carbons (Fsp3) is 0.381. The monoisotopic (exact) mass is 392 g/mol. The first-order valence-electron chi connectivity index (χ1n) is 9.80. The molecular weight excluding hydrogens is 368 g/mol. The van der Waals surface area contributed by atoms with Gasteiger partial charge in [0.2, 0.25) is 5.91 Å². The van der Waals surface area contributed by atoms with Crippen LogP contribution < -0.4 is 4.90 Å². The minimum atomic E-state index is 0.170. The third-order valence-corrected chi connectivity index (χ3v) is 5.35. The molecule has 4 rings (SSSR count). The van der Waals surface area contributed by atoms with Gasteiger partial charge in [0.05, 0.1) is 11.4 Å². The number of hydrogen-bond acceptors (Lipinski definition) is 7. The molecule has 0 unspecified atom stereocenters. The van der Waals surface area contributed by atoms with Crippen molar-refractivity contribution in [2.75, 3.05) is 31.1 Å². The van der Waals surface area contributed by atoms with Crippen LogP contribution in [0.3, 0.4) is 0 Å². The molecule has 0 saturated carbocycles. The van der Waals surface area contributed by atoms with E-state index in [1.807, 2.05) is 43.0 Å². The topological polar surface area (TPSA) is 88.3 Å². The van der Waals surface area contributed by atoms with Crippen molar-refractivity contribution in [1.82, 2.24) is 25.2 Å². The standard InChI is InChI=1S/C21H24N6O2/c1-15-18(16(2)29-25-15)3-6-21(28)27-13-11-26(12-14-27)20-5-4-19(23-24-20)17-7-9-22-10-8-17/h4-5,7-10H,3,6,11-14H2,1-2H3. The Morgan fingerprint density at radius 2 is 1.79 bits per heavy atom. The van der Waals surface area contributed by atoms with Gasteiger partial charge in [0.25, 0.3) is 0 Å². The minimum absolute atomic E-state index is 0.170. The third-order valence-electron chi connectivity index (χ3n) is 5.35. The molecule has 1 fully saturated rings. The molecule has 0 spiro atoms. The second kappa shape index (κ2) is 8.38. The molecule has 1 amide bonds. The van der Waals surface area contributed by atoms with Crippen LogP contribution in [-0.2, 0) is 11.2 Å². The van der Waals surface area contributed by atoms with Gasteiger partial charge in [0.1, 0.15) is 5.76 Å². The van der Waals surface area contributed by atoms with Crippen molar-refractivity contribution in [3.8, 4) is 11.3 Å². The molecule has 8 nitrogen and oxygen atoms in total. The zero-order valence-electron chi connectivity index (χ0n) is 16.7. The second-order valence-corrected chi connectivity index (χ2v) is 7.18. The number of rotatable bonds is 5. The molecule has 0 N–H and O–H groups in total. The van der Waals surface area contributed by atoms with Gasteiger partial charge in [-0.1, -0.05) is 5.16 Å². The first-order chi connectivity index (χ1) is 14.1. The highest BCUT2D eigenvalue weighted by Gasteiger charge is 2.22. The van der Waals surface area contributed by atoms with E-state index >= 15 is 0 Å². The molecule has 3 aromatic rings. The van der Waals surface area contributed by atoms with Gasteiger partial charge < -0.3 is 14.3 Å². The van der Waals surface area contributed by atoms with Crippen LogP contribution in [0.25, 0.3) is 11.3 Å². The largest absolute Gasteiger partial charge is 0.361 e. The maximum atomic E-state index is 12.6. The van der Waals surface area contributed by atoms with E-state index in [-0.39, 0.29) is 5.91 Å². The lowest BCUT2D eigenvalue weighted by molar-refractivity contribution is -0.131. The first kappa shape index (κ1) is 19.0. The van der Waals surface area contributed by atoms with Crippen molar-refractivity contribution in [3.05, 3.63) is 53.7 Å². The molecule has 0 atom stereocenters. The lowest BCUT2D eigenvalue weighted by atomic mass is 10.1. The van der Waals surface area contributed by atoms with Gasteiger partial charge >= 0.3 is 0 Å². The van der Waals surface area contributed by atoms with Gasteiger partial charge in [-0.3, -0.25) is 9.78 Å². The van der Waals surface area contributed by atoms with Crippen molar-refractivity contribution >= 4 is 11.7 Å². The Balaban J connectivity index is 1.30. The van der Waals surface area contributed by atoms with Crippen molar-refractivity contribution in [1.29, 1.82) is 0 Å². The van der Waals surface area contributed by atoms with Crippen LogP contribution in [0.4, 0.5) is 5.82 Å². The van der Waals surface area contributed by atoms with Gasteiger partial charge in [0.15, 0.2) is 5.82 Å². The average Bonchev–Trinajstić information content (AvgIpc) is 3.10. The highest BCUT2D eigenvalue weighted by Crippen LogP contribution is 2.19. The lowest BCUT2D eigenvalue weighted by Gasteiger charge is -2.35. The highest BCUT2D eigenvalue weighted by molar-refractivity contribution is 5.76. The summed E-state index contributed by atoms with van der Waals surface area (Å²) in [6.45, 7) is 6.68. The van der Waals surface area contributed by atoms with E-state index < -0.39 is 0 Å². The number of nitrogens with zero attached hydrogens (tertiary/aromatic N) is 6. The summed E-state index contributed by atoms with van der Waals surface area (Å²) in [5.41, 5.74) is 3.73. The van der Waals surface area contributed by atoms with Crippen LogP contribution in [0.5, 0.6) is 0 Å². The molecule has 8 heteroatoms. The first-order valence-corrected chi connectivity index (χ1v) is 9.80. The molecule has 150 valence electrons. The maximum Gasteiger partial charge on any atom is 0.223 e. The molecule has 29 heavy (non-hydrogen) atoms. The Hall–Kier alpha value is -3.29. The fourth-order valence-electron chi connectivity index (χ4n) is 3.60. The average molecular weight is 392 g/mol. The highest BCUT2D eigenvalue weighted by atomic mass is 16.5. The number of carbonyl (C=O) groups excluding carboxylic acids is 1. The lowest BCUT2D eigenvalue weighted by Crippen LogP contribution is -2.49. The maximum absolute atomic E-state index is 12.6. The number of hydrogen-bond donors (Lipinski definition) is 0. The van der Waals surface area contributed by atoms with Crippen LogP contribution in [0.1, 0.15) is 23.4 Å². The quantitative estimate of drug-likeness (QED) is 0.659. The Kier molecular flexibility index (Phi) is 5.50. The summed E-state index contributed by atoms with van der Waals surface area (Å²) >= 11 is 0. The summed E-state index contributed by atoms with van der Waals surface area (Å²) < 4.78 is 5.18. The number of carbonyl (C=O) groups is 1. The Bertz CT molecular complexity index is 943. The predicted molar refractivity (Wildman–Crippen MR) is 108 cm³/mol. The summed E-state index contributed by atoms with van der Waals surface area (Å²) in [6, 6.07) is 7.78. The van der Waals surface area contributed by atoms with E-state index in [1.54, 1.807) is 12.4 Å². The zero-order chi connectivity index (χ0) is 20.2. The summed E-state index contributed by atoms with van der Waals surface area (Å²) in [5.74, 6) is 1.81. The third kappa shape index (κ3) is 4.26. The normalized spacial score (nSPS) is 14.3. The Morgan fingerprint density at radius 3 is 2.41 bits per heavy atom. The molecule has 0 radical (unpaired) electrons. The van der Waals surface area contributed by atoms with E-state index in [0.717, 1.165) is 47.2 Å². The van der Waals surface area contributed by atoms with Crippen molar-refractivity contribution in [2.45, 2.75) is 26.7 Å². The van der Waals surface area contributed by atoms with Crippen LogP contribution in [0.2, 0.25) is 0 Å². The summed E-state index contributed by atoms with van der Waals surface area (Å²) in [5, 5.41) is 12.7. The van der Waals surface area contributed by atoms with E-state index in [1.165, 1.54) is 0 Å². The number of aromatic nitrogens is 4. The van der Waals surface area contributed by atoms with Crippen molar-refractivity contribution < 1.29 is 9.32 Å². The molecule has 3 aromatic heterocycles. The minimum Gasteiger partial charge on any atom is -0.361 e. The van der Waals surface area contributed by atoms with Crippen LogP contribution in [0, 0.1) is 13.8 Å². The molecule has 1 aliphatic heterocycles. The summed E-state index contributed by atoms with van der Waals surface area (Å²) in [6.07, 6.45) is 4.63. The smallest absolute Gasteiger partial charge is 0.223 e. The number of anilines is 1. The van der Waals surface area contributed by atoms with Gasteiger partial charge in [0, 0.05) is 56.1 Å². The van der Waals surface area contributed by atoms with Crippen LogP contribution in [-0.4, -0.2) is 57.3 Å². The van der Waals surface area contributed by atoms with Gasteiger partial charge in [-0.2, -0.15) is 0 Å². The van der Waals surface area contributed by atoms with E-state index in [9.17, 15) is 4.79 Å². The van der Waals surface area contributed by atoms with Gasteiger partial charge in [-0.15, -0.1) is 10.2 Å². The second-order valence-electron chi connectivity index (χ2n) is 7.18. The number of piperazine rings is 1. The number of pyridine rings is 1. The summed E-state index contributed by atoms with van der Waals surface area (Å²) in [7, 11) is 0. The molecule has 0 aromatic carbocycles. The van der Waals surface area contributed by atoms with Gasteiger partial charge in [-0.25, -0.2) is 0 Å². The zero-order valence-corrected chi connectivity index (χ0v) is 16.7. The van der Waals surface area contributed by atoms with Crippen molar-refractivity contribution in [3.63, 3.8) is 0 Å².